The second kappa shape index (κ2) is 3.77. The van der Waals surface area contributed by atoms with Crippen LogP contribution in [0.15, 0.2) is 59.7 Å². The molecule has 3 heteroatoms. The van der Waals surface area contributed by atoms with Gasteiger partial charge in [0, 0.05) is 17.2 Å². The maximum atomic E-state index is 5.62. The molecule has 1 aliphatic heterocycles. The number of hydrogen-bond donors (Lipinski definition) is 0. The zero-order valence-corrected chi connectivity index (χ0v) is 8.71. The number of nitrogens with zero attached hydrogens (tertiary/aromatic N) is 2. The van der Waals surface area contributed by atoms with Gasteiger partial charge in [-0.1, -0.05) is 30.3 Å². The second-order valence-corrected chi connectivity index (χ2v) is 3.58. The third-order valence-electron chi connectivity index (χ3n) is 2.49. The monoisotopic (exact) mass is 211 g/mol. The van der Waals surface area contributed by atoms with Crippen LogP contribution in [-0.4, -0.2) is 11.4 Å². The molecule has 2 aromatic carbocycles. The molecule has 16 heavy (non-hydrogen) atoms. The topological polar surface area (TPSA) is 24.6 Å². The Hall–Kier alpha value is -2.16. The summed E-state index contributed by atoms with van der Waals surface area (Å²) in [7, 11) is 0. The van der Waals surface area contributed by atoms with Crippen molar-refractivity contribution in [3.05, 3.63) is 54.6 Å². The first-order chi connectivity index (χ1) is 7.93. The Morgan fingerprint density at radius 3 is 2.56 bits per heavy atom. The van der Waals surface area contributed by atoms with E-state index in [4.69, 9.17) is 4.74 Å². The van der Waals surface area contributed by atoms with Crippen LogP contribution in [0.2, 0.25) is 0 Å². The van der Waals surface area contributed by atoms with Crippen molar-refractivity contribution in [3.8, 4) is 5.75 Å². The van der Waals surface area contributed by atoms with Crippen molar-refractivity contribution in [3.63, 3.8) is 0 Å². The summed E-state index contributed by atoms with van der Waals surface area (Å²) in [4.78, 5) is 0. The zero-order chi connectivity index (χ0) is 10.8. The maximum Gasteiger partial charge on any atom is 0.317 e. The molecule has 0 bridgehead atoms. The Kier molecular flexibility index (Phi) is 2.14. The Balaban J connectivity index is 2.04. The van der Waals surface area contributed by atoms with E-state index in [9.17, 15) is 0 Å². The summed E-state index contributed by atoms with van der Waals surface area (Å²) >= 11 is 0. The normalized spacial score (nSPS) is 13.6. The average Bonchev–Trinajstić information content (AvgIpc) is 2.39. The minimum Gasteiger partial charge on any atom is -0.431 e. The minimum absolute atomic E-state index is 0.459. The Labute approximate surface area is 93.6 Å². The number of fused-ring (bicyclic) bond motifs is 1. The van der Waals surface area contributed by atoms with Gasteiger partial charge in [-0.3, -0.25) is 0 Å². The first-order valence-electron chi connectivity index (χ1n) is 5.19. The summed E-state index contributed by atoms with van der Waals surface area (Å²) < 4.78 is 7.47. The molecule has 1 heterocycles. The predicted molar refractivity (Wildman–Crippen MR) is 60.4 cm³/mol. The molecule has 3 rings (SSSR count). The highest BCUT2D eigenvalue weighted by molar-refractivity contribution is 5.50. The second-order valence-electron chi connectivity index (χ2n) is 3.58. The molecule has 0 saturated carbocycles. The summed E-state index contributed by atoms with van der Waals surface area (Å²) in [5, 5.41) is 4.52. The molecule has 0 fully saturated rings. The highest BCUT2D eigenvalue weighted by Crippen LogP contribution is 2.31. The van der Waals surface area contributed by atoms with Gasteiger partial charge in [0.25, 0.3) is 0 Å². The van der Waals surface area contributed by atoms with E-state index in [1.807, 2.05) is 59.3 Å². The SMILES string of the molecule is c1ccc([N+]2=Nc3ccccc3OC2)cc1. The van der Waals surface area contributed by atoms with Crippen LogP contribution in [0.5, 0.6) is 5.75 Å². The van der Waals surface area contributed by atoms with Crippen LogP contribution < -0.4 is 4.74 Å². The van der Waals surface area contributed by atoms with E-state index in [2.05, 4.69) is 5.11 Å². The van der Waals surface area contributed by atoms with E-state index in [1.54, 1.807) is 0 Å². The Morgan fingerprint density at radius 2 is 1.69 bits per heavy atom. The summed E-state index contributed by atoms with van der Waals surface area (Å²) in [6.45, 7) is 0.459. The summed E-state index contributed by atoms with van der Waals surface area (Å²) in [6.07, 6.45) is 0. The molecular weight excluding hydrogens is 200 g/mol. The van der Waals surface area contributed by atoms with Gasteiger partial charge in [0.05, 0.1) is 0 Å². The zero-order valence-electron chi connectivity index (χ0n) is 8.71. The van der Waals surface area contributed by atoms with Crippen molar-refractivity contribution in [2.45, 2.75) is 0 Å². The Bertz CT molecular complexity index is 535. The lowest BCUT2D eigenvalue weighted by atomic mass is 10.3. The van der Waals surface area contributed by atoms with Crippen molar-refractivity contribution in [1.29, 1.82) is 0 Å². The maximum absolute atomic E-state index is 5.62. The van der Waals surface area contributed by atoms with E-state index in [0.717, 1.165) is 17.1 Å². The van der Waals surface area contributed by atoms with Gasteiger partial charge in [-0.05, 0) is 16.8 Å². The van der Waals surface area contributed by atoms with Gasteiger partial charge in [0.15, 0.2) is 11.4 Å². The first-order valence-corrected chi connectivity index (χ1v) is 5.19. The van der Waals surface area contributed by atoms with Crippen LogP contribution in [0, 0.1) is 0 Å². The number of para-hydroxylation sites is 2. The standard InChI is InChI=1S/C13H11N2O/c1-2-6-11(7-3-1)15-10-16-13-9-5-4-8-12(13)14-15/h1-9H,10H2/q+1. The number of azo groups is 2. The highest BCUT2D eigenvalue weighted by Gasteiger charge is 2.19. The predicted octanol–water partition coefficient (Wildman–Crippen LogP) is 3.46. The third-order valence-corrected chi connectivity index (χ3v) is 2.49. The highest BCUT2D eigenvalue weighted by atomic mass is 16.5. The van der Waals surface area contributed by atoms with Crippen LogP contribution >= 0.6 is 0 Å². The van der Waals surface area contributed by atoms with Gasteiger partial charge in [0.2, 0.25) is 5.69 Å². The van der Waals surface area contributed by atoms with E-state index < -0.39 is 0 Å². The van der Waals surface area contributed by atoms with Gasteiger partial charge in [-0.2, -0.15) is 0 Å². The van der Waals surface area contributed by atoms with Gasteiger partial charge in [-0.25, -0.2) is 0 Å². The van der Waals surface area contributed by atoms with Crippen LogP contribution in [0.3, 0.4) is 0 Å². The van der Waals surface area contributed by atoms with Crippen molar-refractivity contribution >= 4 is 11.4 Å². The number of benzene rings is 2. The molecule has 0 amide bonds. The lowest BCUT2D eigenvalue weighted by Crippen LogP contribution is -2.14. The van der Waals surface area contributed by atoms with Crippen LogP contribution in [0.1, 0.15) is 0 Å². The van der Waals surface area contributed by atoms with E-state index in [0.29, 0.717) is 6.73 Å². The van der Waals surface area contributed by atoms with Crippen LogP contribution in [-0.2, 0) is 0 Å². The molecule has 3 nitrogen and oxygen atoms in total. The molecule has 78 valence electrons. The van der Waals surface area contributed by atoms with Crippen molar-refractivity contribution in [1.82, 2.24) is 0 Å². The first kappa shape index (κ1) is 9.09. The van der Waals surface area contributed by atoms with Crippen molar-refractivity contribution in [2.24, 2.45) is 5.11 Å². The molecular formula is C13H11N2O+. The molecule has 0 aliphatic carbocycles. The van der Waals surface area contributed by atoms with Crippen LogP contribution in [0.25, 0.3) is 0 Å². The van der Waals surface area contributed by atoms with E-state index >= 15 is 0 Å². The smallest absolute Gasteiger partial charge is 0.317 e. The molecule has 0 spiro atoms. The largest absolute Gasteiger partial charge is 0.431 e. The van der Waals surface area contributed by atoms with Crippen molar-refractivity contribution < 1.29 is 9.43 Å². The fourth-order valence-corrected chi connectivity index (χ4v) is 1.68. The van der Waals surface area contributed by atoms with Crippen molar-refractivity contribution in [2.75, 3.05) is 6.73 Å². The molecule has 0 atom stereocenters. The minimum atomic E-state index is 0.459. The molecule has 0 saturated heterocycles. The summed E-state index contributed by atoms with van der Waals surface area (Å²) in [6, 6.07) is 17.8. The van der Waals surface area contributed by atoms with Gasteiger partial charge in [-0.15, -0.1) is 0 Å². The fourth-order valence-electron chi connectivity index (χ4n) is 1.68. The summed E-state index contributed by atoms with van der Waals surface area (Å²) in [5.41, 5.74) is 1.91. The third kappa shape index (κ3) is 1.56. The molecule has 2 aromatic rings. The molecule has 1 aliphatic rings. The van der Waals surface area contributed by atoms with Gasteiger partial charge >= 0.3 is 6.73 Å². The van der Waals surface area contributed by atoms with E-state index in [-0.39, 0.29) is 0 Å². The summed E-state index contributed by atoms with van der Waals surface area (Å²) in [5.74, 6) is 0.842. The Morgan fingerprint density at radius 1 is 0.938 bits per heavy atom. The quantitative estimate of drug-likeness (QED) is 0.663. The lowest BCUT2D eigenvalue weighted by molar-refractivity contribution is -0.544. The molecule has 0 radical (unpaired) electrons. The number of rotatable bonds is 1. The van der Waals surface area contributed by atoms with Gasteiger partial charge < -0.3 is 4.74 Å². The lowest BCUT2D eigenvalue weighted by Gasteiger charge is -2.10. The average molecular weight is 211 g/mol. The molecule has 0 N–H and O–H groups in total. The fraction of sp³-hybridized carbons (Fsp3) is 0.0769. The number of hydrogen-bond acceptors (Lipinski definition) is 2. The number of ether oxygens (including phenoxy) is 1. The molecule has 0 aromatic heterocycles. The van der Waals surface area contributed by atoms with Gasteiger partial charge in [0.1, 0.15) is 0 Å². The van der Waals surface area contributed by atoms with Crippen LogP contribution in [0.4, 0.5) is 11.4 Å². The molecule has 0 unspecified atom stereocenters. The van der Waals surface area contributed by atoms with E-state index in [1.165, 1.54) is 0 Å².